The van der Waals surface area contributed by atoms with Gasteiger partial charge < -0.3 is 10.5 Å². The highest BCUT2D eigenvalue weighted by molar-refractivity contribution is 7.99. The lowest BCUT2D eigenvalue weighted by atomic mass is 10.2. The van der Waals surface area contributed by atoms with Crippen molar-refractivity contribution in [2.75, 3.05) is 18.6 Å². The second-order valence-electron chi connectivity index (χ2n) is 2.53. The van der Waals surface area contributed by atoms with Crippen LogP contribution in [0, 0.1) is 0 Å². The molecule has 0 aromatic carbocycles. The van der Waals surface area contributed by atoms with E-state index in [1.54, 1.807) is 11.8 Å². The predicted molar refractivity (Wildman–Crippen MR) is 61.7 cm³/mol. The third kappa shape index (κ3) is 6.54. The SMILES string of the molecule is COC(=O)C(N)CCSCC(Cl)=CCl. The van der Waals surface area contributed by atoms with Gasteiger partial charge in [0.15, 0.2) is 0 Å². The van der Waals surface area contributed by atoms with Gasteiger partial charge in [0.1, 0.15) is 6.04 Å². The Balaban J connectivity index is 3.50. The van der Waals surface area contributed by atoms with Crippen LogP contribution in [0.1, 0.15) is 6.42 Å². The third-order valence-corrected chi connectivity index (χ3v) is 3.25. The fourth-order valence-corrected chi connectivity index (χ4v) is 1.92. The summed E-state index contributed by atoms with van der Waals surface area (Å²) in [6.07, 6.45) is 0.573. The van der Waals surface area contributed by atoms with Crippen LogP contribution >= 0.6 is 35.0 Å². The van der Waals surface area contributed by atoms with Crippen LogP contribution in [-0.4, -0.2) is 30.6 Å². The molecule has 14 heavy (non-hydrogen) atoms. The fourth-order valence-electron chi connectivity index (χ4n) is 0.681. The number of carbonyl (C=O) groups excluding carboxylic acids is 1. The van der Waals surface area contributed by atoms with Gasteiger partial charge in [-0.2, -0.15) is 11.8 Å². The highest BCUT2D eigenvalue weighted by Crippen LogP contribution is 2.13. The van der Waals surface area contributed by atoms with Gasteiger partial charge in [-0.3, -0.25) is 4.79 Å². The third-order valence-electron chi connectivity index (χ3n) is 1.44. The zero-order valence-corrected chi connectivity index (χ0v) is 10.2. The van der Waals surface area contributed by atoms with Gasteiger partial charge in [-0.1, -0.05) is 23.2 Å². The van der Waals surface area contributed by atoms with Crippen LogP contribution in [0.2, 0.25) is 0 Å². The Morgan fingerprint density at radius 3 is 2.86 bits per heavy atom. The van der Waals surface area contributed by atoms with Crippen LogP contribution in [0.25, 0.3) is 0 Å². The summed E-state index contributed by atoms with van der Waals surface area (Å²) in [7, 11) is 1.32. The zero-order valence-electron chi connectivity index (χ0n) is 7.83. The van der Waals surface area contributed by atoms with Gasteiger partial charge in [-0.15, -0.1) is 0 Å². The van der Waals surface area contributed by atoms with Gasteiger partial charge in [-0.05, 0) is 12.2 Å². The molecule has 0 radical (unpaired) electrons. The number of hydrogen-bond acceptors (Lipinski definition) is 4. The number of thioether (sulfide) groups is 1. The minimum atomic E-state index is -0.550. The standard InChI is InChI=1S/C8H13Cl2NO2S/c1-13-8(12)7(11)2-3-14-5-6(10)4-9/h4,7H,2-3,5,11H2,1H3. The number of methoxy groups -OCH3 is 1. The summed E-state index contributed by atoms with van der Waals surface area (Å²) in [5, 5.41) is 0.586. The van der Waals surface area contributed by atoms with Crippen LogP contribution in [0.5, 0.6) is 0 Å². The minimum Gasteiger partial charge on any atom is -0.468 e. The molecule has 0 heterocycles. The summed E-state index contributed by atoms with van der Waals surface area (Å²) in [5.41, 5.74) is 6.84. The maximum absolute atomic E-state index is 10.9. The number of halogens is 2. The molecule has 6 heteroatoms. The van der Waals surface area contributed by atoms with Crippen molar-refractivity contribution in [2.24, 2.45) is 5.73 Å². The summed E-state index contributed by atoms with van der Waals surface area (Å²) in [6, 6.07) is -0.550. The van der Waals surface area contributed by atoms with E-state index in [2.05, 4.69) is 4.74 Å². The molecule has 0 spiro atoms. The lowest BCUT2D eigenvalue weighted by Crippen LogP contribution is -2.32. The number of esters is 1. The van der Waals surface area contributed by atoms with Gasteiger partial charge in [0.25, 0.3) is 0 Å². The molecule has 3 nitrogen and oxygen atoms in total. The second-order valence-corrected chi connectivity index (χ2v) is 4.34. The molecule has 1 atom stereocenters. The Morgan fingerprint density at radius 1 is 1.71 bits per heavy atom. The molecule has 1 unspecified atom stereocenters. The lowest BCUT2D eigenvalue weighted by molar-refractivity contribution is -0.142. The van der Waals surface area contributed by atoms with E-state index in [1.807, 2.05) is 0 Å². The number of rotatable bonds is 6. The van der Waals surface area contributed by atoms with Crippen molar-refractivity contribution in [1.82, 2.24) is 0 Å². The Morgan fingerprint density at radius 2 is 2.36 bits per heavy atom. The summed E-state index contributed by atoms with van der Waals surface area (Å²) >= 11 is 12.6. The van der Waals surface area contributed by atoms with Crippen LogP contribution in [0.4, 0.5) is 0 Å². The monoisotopic (exact) mass is 257 g/mol. The molecule has 0 rings (SSSR count). The molecule has 0 aliphatic rings. The van der Waals surface area contributed by atoms with E-state index in [0.717, 1.165) is 5.75 Å². The molecule has 0 bridgehead atoms. The van der Waals surface area contributed by atoms with Crippen molar-refractivity contribution < 1.29 is 9.53 Å². The summed E-state index contributed by atoms with van der Waals surface area (Å²) in [6.45, 7) is 0. The maximum atomic E-state index is 10.9. The molecule has 0 fully saturated rings. The average molecular weight is 258 g/mol. The number of carbonyl (C=O) groups is 1. The Bertz CT molecular complexity index is 212. The first-order valence-corrected chi connectivity index (χ1v) is 5.94. The lowest BCUT2D eigenvalue weighted by Gasteiger charge is -2.07. The second kappa shape index (κ2) is 8.41. The van der Waals surface area contributed by atoms with Gasteiger partial charge in [0.05, 0.1) is 7.11 Å². The van der Waals surface area contributed by atoms with E-state index >= 15 is 0 Å². The topological polar surface area (TPSA) is 52.3 Å². The van der Waals surface area contributed by atoms with Crippen LogP contribution < -0.4 is 5.73 Å². The van der Waals surface area contributed by atoms with Gasteiger partial charge in [0, 0.05) is 16.3 Å². The van der Waals surface area contributed by atoms with Gasteiger partial charge in [-0.25, -0.2) is 0 Å². The van der Waals surface area contributed by atoms with Crippen molar-refractivity contribution in [2.45, 2.75) is 12.5 Å². The average Bonchev–Trinajstić information content (AvgIpc) is 2.22. The fraction of sp³-hybridized carbons (Fsp3) is 0.625. The molecule has 0 aromatic heterocycles. The smallest absolute Gasteiger partial charge is 0.322 e. The molecule has 0 aromatic rings. The van der Waals surface area contributed by atoms with Crippen molar-refractivity contribution in [3.8, 4) is 0 Å². The first-order valence-electron chi connectivity index (χ1n) is 3.97. The largest absolute Gasteiger partial charge is 0.468 e. The highest BCUT2D eigenvalue weighted by atomic mass is 35.5. The van der Waals surface area contributed by atoms with E-state index in [9.17, 15) is 4.79 Å². The quantitative estimate of drug-likeness (QED) is 0.584. The molecule has 0 saturated heterocycles. The molecule has 82 valence electrons. The minimum absolute atomic E-state index is 0.385. The molecule has 0 aliphatic carbocycles. The predicted octanol–water partition coefficient (Wildman–Crippen LogP) is 1.93. The van der Waals surface area contributed by atoms with Crippen LogP contribution in [0.15, 0.2) is 10.6 Å². The van der Waals surface area contributed by atoms with Crippen molar-refractivity contribution in [1.29, 1.82) is 0 Å². The molecule has 0 amide bonds. The van der Waals surface area contributed by atoms with Crippen molar-refractivity contribution >= 4 is 40.9 Å². The normalized spacial score (nSPS) is 13.9. The molecule has 2 N–H and O–H groups in total. The van der Waals surface area contributed by atoms with Crippen LogP contribution in [-0.2, 0) is 9.53 Å². The van der Waals surface area contributed by atoms with Crippen molar-refractivity contribution in [3.63, 3.8) is 0 Å². The Labute approximate surface area is 97.9 Å². The highest BCUT2D eigenvalue weighted by Gasteiger charge is 2.12. The van der Waals surface area contributed by atoms with E-state index in [4.69, 9.17) is 28.9 Å². The summed E-state index contributed by atoms with van der Waals surface area (Å²) in [5.74, 6) is 1.00. The Hall–Kier alpha value is 0.1000. The first kappa shape index (κ1) is 14.1. The molecular weight excluding hydrogens is 245 g/mol. The van der Waals surface area contributed by atoms with E-state index in [1.165, 1.54) is 12.6 Å². The van der Waals surface area contributed by atoms with E-state index in [0.29, 0.717) is 17.2 Å². The van der Waals surface area contributed by atoms with E-state index in [-0.39, 0.29) is 5.97 Å². The molecule has 0 saturated carbocycles. The van der Waals surface area contributed by atoms with Crippen LogP contribution in [0.3, 0.4) is 0 Å². The van der Waals surface area contributed by atoms with Gasteiger partial charge >= 0.3 is 5.97 Å². The molecule has 0 aliphatic heterocycles. The summed E-state index contributed by atoms with van der Waals surface area (Å²) < 4.78 is 4.48. The number of hydrogen-bond donors (Lipinski definition) is 1. The Kier molecular flexibility index (Phi) is 8.47. The number of ether oxygens (including phenoxy) is 1. The van der Waals surface area contributed by atoms with Crippen molar-refractivity contribution in [3.05, 3.63) is 10.6 Å². The maximum Gasteiger partial charge on any atom is 0.322 e. The zero-order chi connectivity index (χ0) is 11.0. The summed E-state index contributed by atoms with van der Waals surface area (Å²) in [4.78, 5) is 10.9. The van der Waals surface area contributed by atoms with Gasteiger partial charge in [0.2, 0.25) is 0 Å². The first-order chi connectivity index (χ1) is 6.61. The van der Waals surface area contributed by atoms with E-state index < -0.39 is 6.04 Å². The molecular formula is C8H13Cl2NO2S. The number of nitrogens with two attached hydrogens (primary N) is 1.